The lowest BCUT2D eigenvalue weighted by molar-refractivity contribution is 0.415. The summed E-state index contributed by atoms with van der Waals surface area (Å²) in [6, 6.07) is 26.1. The van der Waals surface area contributed by atoms with Crippen molar-refractivity contribution in [1.82, 2.24) is 0 Å². The highest BCUT2D eigenvalue weighted by atomic mass is 16.5. The third-order valence-corrected chi connectivity index (χ3v) is 11.7. The van der Waals surface area contributed by atoms with Gasteiger partial charge in [0.1, 0.15) is 23.0 Å². The summed E-state index contributed by atoms with van der Waals surface area (Å²) in [5.41, 5.74) is 22.1. The molecule has 0 atom stereocenters. The van der Waals surface area contributed by atoms with Crippen molar-refractivity contribution in [2.45, 2.75) is 154 Å². The monoisotopic (exact) mass is 700 g/mol. The van der Waals surface area contributed by atoms with Crippen LogP contribution in [0.15, 0.2) is 72.8 Å². The van der Waals surface area contributed by atoms with Gasteiger partial charge in [0.15, 0.2) is 0 Å². The zero-order valence-corrected chi connectivity index (χ0v) is 32.4. The Morgan fingerprint density at radius 1 is 0.538 bits per heavy atom. The predicted molar refractivity (Wildman–Crippen MR) is 220 cm³/mol. The second kappa shape index (κ2) is 18.7. The van der Waals surface area contributed by atoms with Crippen LogP contribution in [-0.4, -0.2) is 0 Å². The van der Waals surface area contributed by atoms with E-state index in [2.05, 4.69) is 45.0 Å². The van der Waals surface area contributed by atoms with E-state index in [4.69, 9.17) is 20.9 Å². The van der Waals surface area contributed by atoms with Crippen molar-refractivity contribution in [3.8, 4) is 23.0 Å². The Morgan fingerprint density at radius 2 is 0.962 bits per heavy atom. The van der Waals surface area contributed by atoms with Crippen LogP contribution in [0.5, 0.6) is 23.0 Å². The minimum Gasteiger partial charge on any atom is -0.457 e. The van der Waals surface area contributed by atoms with Crippen LogP contribution in [-0.2, 0) is 12.8 Å². The van der Waals surface area contributed by atoms with Gasteiger partial charge in [0.05, 0.1) is 0 Å². The Hall–Kier alpha value is -3.92. The third kappa shape index (κ3) is 9.54. The van der Waals surface area contributed by atoms with E-state index >= 15 is 0 Å². The lowest BCUT2D eigenvalue weighted by Crippen LogP contribution is -2.13. The Labute approximate surface area is 314 Å². The van der Waals surface area contributed by atoms with Crippen LogP contribution in [0, 0.1) is 0 Å². The Morgan fingerprint density at radius 3 is 1.35 bits per heavy atom. The summed E-state index contributed by atoms with van der Waals surface area (Å²) in [6.07, 6.45) is 21.8. The molecule has 0 saturated heterocycles. The van der Waals surface area contributed by atoms with E-state index in [0.29, 0.717) is 17.8 Å². The molecular formula is C48H64N2O2. The number of nitrogen functional groups attached to an aromatic ring is 2. The molecule has 6 rings (SSSR count). The second-order valence-corrected chi connectivity index (χ2v) is 15.8. The van der Waals surface area contributed by atoms with Gasteiger partial charge in [-0.25, -0.2) is 0 Å². The number of hydrogen-bond donors (Lipinski definition) is 2. The topological polar surface area (TPSA) is 70.5 Å². The van der Waals surface area contributed by atoms with E-state index < -0.39 is 0 Å². The van der Waals surface area contributed by atoms with Gasteiger partial charge in [0.25, 0.3) is 0 Å². The van der Waals surface area contributed by atoms with E-state index in [9.17, 15) is 0 Å². The first-order chi connectivity index (χ1) is 25.5. The highest BCUT2D eigenvalue weighted by molar-refractivity contribution is 5.55. The quantitative estimate of drug-likeness (QED) is 0.0901. The number of anilines is 2. The molecule has 0 spiro atoms. The largest absolute Gasteiger partial charge is 0.457 e. The van der Waals surface area contributed by atoms with E-state index in [1.807, 2.05) is 48.5 Å². The minimum atomic E-state index is 0.318. The maximum Gasteiger partial charge on any atom is 0.134 e. The molecule has 0 aromatic heterocycles. The van der Waals surface area contributed by atoms with Crippen molar-refractivity contribution in [1.29, 1.82) is 0 Å². The van der Waals surface area contributed by atoms with Gasteiger partial charge in [-0.1, -0.05) is 116 Å². The molecule has 278 valence electrons. The van der Waals surface area contributed by atoms with Crippen LogP contribution in [0.3, 0.4) is 0 Å². The average molecular weight is 701 g/mol. The smallest absolute Gasteiger partial charge is 0.134 e. The molecule has 4 heteroatoms. The summed E-state index contributed by atoms with van der Waals surface area (Å²) in [6.45, 7) is 6.92. The number of unbranched alkanes of at least 4 members (excludes halogenated alkanes) is 2. The molecule has 2 fully saturated rings. The van der Waals surface area contributed by atoms with Crippen molar-refractivity contribution in [3.63, 3.8) is 0 Å². The van der Waals surface area contributed by atoms with E-state index in [0.717, 1.165) is 66.5 Å². The molecule has 0 radical (unpaired) electrons. The first-order valence-corrected chi connectivity index (χ1v) is 20.9. The molecular weight excluding hydrogens is 637 g/mol. The molecule has 4 N–H and O–H groups in total. The molecule has 0 heterocycles. The lowest BCUT2D eigenvalue weighted by atomic mass is 9.77. The molecule has 0 unspecified atom stereocenters. The first-order valence-electron chi connectivity index (χ1n) is 20.9. The molecule has 0 aliphatic heterocycles. The Bertz CT molecular complexity index is 1580. The molecule has 2 aliphatic carbocycles. The van der Waals surface area contributed by atoms with Crippen molar-refractivity contribution < 1.29 is 9.47 Å². The fourth-order valence-corrected chi connectivity index (χ4v) is 8.90. The van der Waals surface area contributed by atoms with Gasteiger partial charge >= 0.3 is 0 Å². The van der Waals surface area contributed by atoms with Gasteiger partial charge in [-0.15, -0.1) is 0 Å². The first kappa shape index (κ1) is 37.8. The fourth-order valence-electron chi connectivity index (χ4n) is 8.90. The van der Waals surface area contributed by atoms with E-state index in [-0.39, 0.29) is 0 Å². The molecule has 4 aromatic rings. The number of aryl methyl sites for hydroxylation is 2. The summed E-state index contributed by atoms with van der Waals surface area (Å²) in [7, 11) is 0. The summed E-state index contributed by atoms with van der Waals surface area (Å²) >= 11 is 0. The fraction of sp³-hybridized carbons (Fsp3) is 0.500. The SMILES string of the molecule is CCCCCC(c1cc(CCC)c(Oc2ccc(N)cc2)c(C2CCCCC2)c1)c1cc(CCC)c(Oc2ccc(N)cc2)c(C2CCCCC2)c1. The van der Waals surface area contributed by atoms with Crippen LogP contribution < -0.4 is 20.9 Å². The van der Waals surface area contributed by atoms with Gasteiger partial charge in [0.2, 0.25) is 0 Å². The van der Waals surface area contributed by atoms with Gasteiger partial charge in [-0.05, 0) is 139 Å². The normalized spacial score (nSPS) is 15.6. The molecule has 2 saturated carbocycles. The van der Waals surface area contributed by atoms with E-state index in [1.54, 1.807) is 0 Å². The van der Waals surface area contributed by atoms with Crippen LogP contribution in [0.25, 0.3) is 0 Å². The highest BCUT2D eigenvalue weighted by Crippen LogP contribution is 2.47. The van der Waals surface area contributed by atoms with Crippen LogP contribution in [0.4, 0.5) is 11.4 Å². The molecule has 0 amide bonds. The maximum atomic E-state index is 6.89. The van der Waals surface area contributed by atoms with Crippen molar-refractivity contribution in [3.05, 3.63) is 106 Å². The number of benzene rings is 4. The highest BCUT2D eigenvalue weighted by Gasteiger charge is 2.28. The maximum absolute atomic E-state index is 6.89. The molecule has 4 aromatic carbocycles. The zero-order chi connectivity index (χ0) is 36.3. The predicted octanol–water partition coefficient (Wildman–Crippen LogP) is 14.1. The number of nitrogens with two attached hydrogens (primary N) is 2. The molecule has 2 aliphatic rings. The molecule has 52 heavy (non-hydrogen) atoms. The van der Waals surface area contributed by atoms with Gasteiger partial charge in [-0.3, -0.25) is 0 Å². The van der Waals surface area contributed by atoms with Crippen molar-refractivity contribution in [2.75, 3.05) is 11.5 Å². The van der Waals surface area contributed by atoms with Crippen LogP contribution in [0.2, 0.25) is 0 Å². The Balaban J connectivity index is 1.51. The summed E-state index contributed by atoms with van der Waals surface area (Å²) < 4.78 is 13.8. The number of rotatable bonds is 16. The van der Waals surface area contributed by atoms with E-state index in [1.165, 1.54) is 117 Å². The minimum absolute atomic E-state index is 0.318. The van der Waals surface area contributed by atoms with Crippen molar-refractivity contribution >= 4 is 11.4 Å². The average Bonchev–Trinajstić information content (AvgIpc) is 3.17. The van der Waals surface area contributed by atoms with Gasteiger partial charge < -0.3 is 20.9 Å². The lowest BCUT2D eigenvalue weighted by Gasteiger charge is -2.30. The van der Waals surface area contributed by atoms with Crippen LogP contribution >= 0.6 is 0 Å². The Kier molecular flexibility index (Phi) is 13.6. The second-order valence-electron chi connectivity index (χ2n) is 15.8. The molecule has 0 bridgehead atoms. The summed E-state index contributed by atoms with van der Waals surface area (Å²) in [4.78, 5) is 0. The summed E-state index contributed by atoms with van der Waals surface area (Å²) in [5.74, 6) is 5.29. The third-order valence-electron chi connectivity index (χ3n) is 11.7. The van der Waals surface area contributed by atoms with Gasteiger partial charge in [-0.2, -0.15) is 0 Å². The summed E-state index contributed by atoms with van der Waals surface area (Å²) in [5, 5.41) is 0. The molecule has 4 nitrogen and oxygen atoms in total. The standard InChI is InChI=1S/C48H64N2O2/c1-4-7-10-21-44(38-30-36(15-5-2)47(51-42-26-22-40(49)23-27-42)45(32-38)34-17-11-8-12-18-34)39-31-37(16-6-3)48(52-43-28-24-41(50)25-29-43)46(33-39)35-19-13-9-14-20-35/h22-35,44H,4-21,49-50H2,1-3H3. The zero-order valence-electron chi connectivity index (χ0n) is 32.4. The number of hydrogen-bond acceptors (Lipinski definition) is 4. The number of ether oxygens (including phenoxy) is 2. The van der Waals surface area contributed by atoms with Gasteiger partial charge in [0, 0.05) is 17.3 Å². The van der Waals surface area contributed by atoms with Crippen molar-refractivity contribution in [2.24, 2.45) is 0 Å². The van der Waals surface area contributed by atoms with Crippen LogP contribution in [0.1, 0.15) is 175 Å².